The third kappa shape index (κ3) is 4.16. The van der Waals surface area contributed by atoms with Crippen LogP contribution in [-0.2, 0) is 4.74 Å². The standard InChI is InChI=1S/C20H23NO7/c1-21-20(26)12-5-3-7-14(9-12)27-13-6-2-4-11(8-13)19-18(25)17(24)16(23)15(10-22)28-19/h2-9,15-19,22-25H,10H2,1H3,(H,21,26)/t15-,16-,17+,18-,19-/m1/s1. The highest BCUT2D eigenvalue weighted by Gasteiger charge is 2.43. The predicted molar refractivity (Wildman–Crippen MR) is 99.1 cm³/mol. The maximum atomic E-state index is 11.8. The number of rotatable bonds is 5. The molecule has 1 amide bonds. The van der Waals surface area contributed by atoms with Crippen LogP contribution in [-0.4, -0.2) is 64.4 Å². The molecule has 1 saturated heterocycles. The highest BCUT2D eigenvalue weighted by atomic mass is 16.5. The Morgan fingerprint density at radius 3 is 2.39 bits per heavy atom. The number of carbonyl (C=O) groups is 1. The van der Waals surface area contributed by atoms with Crippen molar-refractivity contribution in [2.45, 2.75) is 30.5 Å². The second-order valence-corrected chi connectivity index (χ2v) is 6.53. The van der Waals surface area contributed by atoms with Gasteiger partial charge in [0.15, 0.2) is 0 Å². The third-order valence-electron chi connectivity index (χ3n) is 4.64. The number of nitrogens with one attached hydrogen (secondary N) is 1. The summed E-state index contributed by atoms with van der Waals surface area (Å²) in [6, 6.07) is 13.3. The molecular formula is C20H23NO7. The monoisotopic (exact) mass is 389 g/mol. The van der Waals surface area contributed by atoms with Crippen molar-refractivity contribution in [3.05, 3.63) is 59.7 Å². The van der Waals surface area contributed by atoms with Crippen LogP contribution in [0.3, 0.4) is 0 Å². The summed E-state index contributed by atoms with van der Waals surface area (Å²) in [7, 11) is 1.54. The Labute approximate surface area is 162 Å². The zero-order valence-corrected chi connectivity index (χ0v) is 15.2. The largest absolute Gasteiger partial charge is 0.457 e. The molecule has 0 unspecified atom stereocenters. The van der Waals surface area contributed by atoms with E-state index in [2.05, 4.69) is 5.32 Å². The third-order valence-corrected chi connectivity index (χ3v) is 4.64. The Hall–Kier alpha value is -2.49. The average Bonchev–Trinajstić information content (AvgIpc) is 2.72. The first-order valence-electron chi connectivity index (χ1n) is 8.85. The number of hydrogen-bond donors (Lipinski definition) is 5. The van der Waals surface area contributed by atoms with Crippen molar-refractivity contribution < 1.29 is 34.7 Å². The molecule has 3 rings (SSSR count). The average molecular weight is 389 g/mol. The highest BCUT2D eigenvalue weighted by Crippen LogP contribution is 2.34. The van der Waals surface area contributed by atoms with Crippen LogP contribution in [0.5, 0.6) is 11.5 Å². The lowest BCUT2D eigenvalue weighted by atomic mass is 9.91. The van der Waals surface area contributed by atoms with E-state index in [1.165, 1.54) is 0 Å². The number of benzene rings is 2. The Bertz CT molecular complexity index is 826. The second-order valence-electron chi connectivity index (χ2n) is 6.53. The van der Waals surface area contributed by atoms with Crippen LogP contribution in [0, 0.1) is 0 Å². The maximum absolute atomic E-state index is 11.8. The lowest BCUT2D eigenvalue weighted by molar-refractivity contribution is -0.231. The molecule has 8 heteroatoms. The van der Waals surface area contributed by atoms with Crippen LogP contribution in [0.15, 0.2) is 48.5 Å². The van der Waals surface area contributed by atoms with E-state index >= 15 is 0 Å². The molecule has 1 heterocycles. The van der Waals surface area contributed by atoms with E-state index in [4.69, 9.17) is 9.47 Å². The first-order chi connectivity index (χ1) is 13.4. The van der Waals surface area contributed by atoms with Gasteiger partial charge in [-0.2, -0.15) is 0 Å². The Balaban J connectivity index is 1.82. The number of carbonyl (C=O) groups excluding carboxylic acids is 1. The molecule has 2 aromatic rings. The lowest BCUT2D eigenvalue weighted by Gasteiger charge is -2.40. The zero-order chi connectivity index (χ0) is 20.3. The normalized spacial score (nSPS) is 27.2. The van der Waals surface area contributed by atoms with Gasteiger partial charge in [0.25, 0.3) is 5.91 Å². The Kier molecular flexibility index (Phi) is 6.28. The molecule has 0 saturated carbocycles. The summed E-state index contributed by atoms with van der Waals surface area (Å²) in [4.78, 5) is 11.8. The Morgan fingerprint density at radius 1 is 1.04 bits per heavy atom. The van der Waals surface area contributed by atoms with E-state index < -0.39 is 37.1 Å². The molecule has 8 nitrogen and oxygen atoms in total. The van der Waals surface area contributed by atoms with E-state index in [1.54, 1.807) is 55.6 Å². The van der Waals surface area contributed by atoms with Crippen molar-refractivity contribution in [2.75, 3.05) is 13.7 Å². The molecule has 1 aliphatic heterocycles. The van der Waals surface area contributed by atoms with E-state index in [9.17, 15) is 25.2 Å². The smallest absolute Gasteiger partial charge is 0.251 e. The summed E-state index contributed by atoms with van der Waals surface area (Å²) in [6.45, 7) is -0.496. The molecule has 2 aromatic carbocycles. The summed E-state index contributed by atoms with van der Waals surface area (Å²) < 4.78 is 11.4. The van der Waals surface area contributed by atoms with Gasteiger partial charge >= 0.3 is 0 Å². The molecule has 5 N–H and O–H groups in total. The van der Waals surface area contributed by atoms with Crippen LogP contribution < -0.4 is 10.1 Å². The molecule has 150 valence electrons. The van der Waals surface area contributed by atoms with Crippen LogP contribution in [0.4, 0.5) is 0 Å². The van der Waals surface area contributed by atoms with Crippen molar-refractivity contribution in [1.82, 2.24) is 5.32 Å². The number of hydrogen-bond acceptors (Lipinski definition) is 7. The van der Waals surface area contributed by atoms with Crippen LogP contribution in [0.1, 0.15) is 22.0 Å². The van der Waals surface area contributed by atoms with Gasteiger partial charge in [0.05, 0.1) is 6.61 Å². The van der Waals surface area contributed by atoms with Crippen LogP contribution >= 0.6 is 0 Å². The molecule has 28 heavy (non-hydrogen) atoms. The van der Waals surface area contributed by atoms with Gasteiger partial charge in [-0.1, -0.05) is 18.2 Å². The molecule has 5 atom stereocenters. The van der Waals surface area contributed by atoms with Crippen LogP contribution in [0.2, 0.25) is 0 Å². The number of amides is 1. The summed E-state index contributed by atoms with van der Waals surface area (Å²) in [5.74, 6) is 0.649. The molecule has 0 bridgehead atoms. The van der Waals surface area contributed by atoms with Gasteiger partial charge < -0.3 is 35.2 Å². The van der Waals surface area contributed by atoms with Gasteiger partial charge in [-0.05, 0) is 35.9 Å². The predicted octanol–water partition coefficient (Wildman–Crippen LogP) is 0.353. The summed E-state index contributed by atoms with van der Waals surface area (Å²) in [5, 5.41) is 42.0. The molecular weight excluding hydrogens is 366 g/mol. The number of aliphatic hydroxyl groups excluding tert-OH is 4. The first-order valence-corrected chi connectivity index (χ1v) is 8.85. The van der Waals surface area contributed by atoms with Gasteiger partial charge in [-0.25, -0.2) is 0 Å². The molecule has 0 radical (unpaired) electrons. The van der Waals surface area contributed by atoms with Crippen molar-refractivity contribution in [3.63, 3.8) is 0 Å². The van der Waals surface area contributed by atoms with Crippen molar-refractivity contribution in [2.24, 2.45) is 0 Å². The fourth-order valence-corrected chi connectivity index (χ4v) is 3.11. The minimum atomic E-state index is -1.45. The summed E-state index contributed by atoms with van der Waals surface area (Å²) >= 11 is 0. The maximum Gasteiger partial charge on any atom is 0.251 e. The fraction of sp³-hybridized carbons (Fsp3) is 0.350. The fourth-order valence-electron chi connectivity index (χ4n) is 3.11. The van der Waals surface area contributed by atoms with Crippen LogP contribution in [0.25, 0.3) is 0 Å². The molecule has 0 aliphatic carbocycles. The van der Waals surface area contributed by atoms with Crippen molar-refractivity contribution in [1.29, 1.82) is 0 Å². The topological polar surface area (TPSA) is 128 Å². The minimum absolute atomic E-state index is 0.236. The SMILES string of the molecule is CNC(=O)c1cccc(Oc2cccc([C@H]3O[C@H](CO)[C@@H](O)[C@H](O)[C@H]3O)c2)c1. The summed E-state index contributed by atoms with van der Waals surface area (Å²) in [5.41, 5.74) is 0.960. The molecule has 0 aromatic heterocycles. The van der Waals surface area contributed by atoms with E-state index in [-0.39, 0.29) is 5.91 Å². The molecule has 1 aliphatic rings. The quantitative estimate of drug-likeness (QED) is 0.499. The van der Waals surface area contributed by atoms with E-state index in [1.807, 2.05) is 0 Å². The highest BCUT2D eigenvalue weighted by molar-refractivity contribution is 5.94. The van der Waals surface area contributed by atoms with E-state index in [0.29, 0.717) is 22.6 Å². The van der Waals surface area contributed by atoms with Gasteiger partial charge in [0.1, 0.15) is 42.0 Å². The number of ether oxygens (including phenoxy) is 2. The van der Waals surface area contributed by atoms with Crippen molar-refractivity contribution in [3.8, 4) is 11.5 Å². The first kappa shape index (κ1) is 20.2. The summed E-state index contributed by atoms with van der Waals surface area (Å²) in [6.07, 6.45) is -6.18. The molecule has 1 fully saturated rings. The van der Waals surface area contributed by atoms with Crippen molar-refractivity contribution >= 4 is 5.91 Å². The zero-order valence-electron chi connectivity index (χ0n) is 15.2. The van der Waals surface area contributed by atoms with Gasteiger partial charge in [-0.3, -0.25) is 4.79 Å². The van der Waals surface area contributed by atoms with E-state index in [0.717, 1.165) is 0 Å². The van der Waals surface area contributed by atoms with Gasteiger partial charge in [-0.15, -0.1) is 0 Å². The number of aliphatic hydroxyl groups is 4. The molecule has 0 spiro atoms. The van der Waals surface area contributed by atoms with Gasteiger partial charge in [0.2, 0.25) is 0 Å². The Morgan fingerprint density at radius 2 is 1.71 bits per heavy atom. The second kappa shape index (κ2) is 8.68. The van der Waals surface area contributed by atoms with Gasteiger partial charge in [0, 0.05) is 12.6 Å². The minimum Gasteiger partial charge on any atom is -0.457 e. The lowest BCUT2D eigenvalue weighted by Crippen LogP contribution is -2.55.